The molecule has 1 aromatic rings. The van der Waals surface area contributed by atoms with E-state index in [4.69, 9.17) is 4.74 Å². The SMILES string of the molecule is C[C@@H](c1ccccc1)N1C[C@H](C2(NC(=O)OC(C)(C)C)CC2)CC1=O. The Balaban J connectivity index is 1.65. The lowest BCUT2D eigenvalue weighted by atomic mass is 9.96. The standard InChI is InChI=1S/C20H28N2O3/c1-14(15-8-6-5-7-9-15)22-13-16(12-17(22)23)20(10-11-20)21-18(24)25-19(2,3)4/h5-9,14,16H,10-13H2,1-4H3,(H,21,24)/t14-,16+/m0/s1. The molecule has 2 amide bonds. The molecule has 2 atom stereocenters. The lowest BCUT2D eigenvalue weighted by Gasteiger charge is -2.29. The maximum Gasteiger partial charge on any atom is 0.408 e. The maximum atomic E-state index is 12.6. The first-order valence-corrected chi connectivity index (χ1v) is 9.06. The molecule has 0 bridgehead atoms. The van der Waals surface area contributed by atoms with Gasteiger partial charge in [-0.1, -0.05) is 30.3 Å². The number of benzene rings is 1. The lowest BCUT2D eigenvalue weighted by molar-refractivity contribution is -0.129. The number of nitrogens with one attached hydrogen (secondary N) is 1. The molecule has 1 saturated heterocycles. The van der Waals surface area contributed by atoms with Crippen molar-refractivity contribution in [2.75, 3.05) is 6.54 Å². The summed E-state index contributed by atoms with van der Waals surface area (Å²) in [6, 6.07) is 10.1. The second kappa shape index (κ2) is 6.36. The van der Waals surface area contributed by atoms with Gasteiger partial charge in [0.05, 0.1) is 6.04 Å². The van der Waals surface area contributed by atoms with Crippen molar-refractivity contribution in [2.45, 2.75) is 64.1 Å². The molecule has 1 aliphatic carbocycles. The fraction of sp³-hybridized carbons (Fsp3) is 0.600. The molecule has 1 aromatic carbocycles. The van der Waals surface area contributed by atoms with Crippen molar-refractivity contribution in [1.82, 2.24) is 10.2 Å². The van der Waals surface area contributed by atoms with E-state index in [9.17, 15) is 9.59 Å². The van der Waals surface area contributed by atoms with E-state index in [1.165, 1.54) is 0 Å². The van der Waals surface area contributed by atoms with Gasteiger partial charge in [-0.15, -0.1) is 0 Å². The van der Waals surface area contributed by atoms with Crippen LogP contribution >= 0.6 is 0 Å². The zero-order chi connectivity index (χ0) is 18.2. The summed E-state index contributed by atoms with van der Waals surface area (Å²) in [6.07, 6.45) is 1.94. The van der Waals surface area contributed by atoms with Crippen molar-refractivity contribution in [3.63, 3.8) is 0 Å². The molecule has 0 unspecified atom stereocenters. The summed E-state index contributed by atoms with van der Waals surface area (Å²) in [4.78, 5) is 26.7. The molecule has 5 nitrogen and oxygen atoms in total. The van der Waals surface area contributed by atoms with Gasteiger partial charge in [0.1, 0.15) is 5.60 Å². The molecule has 136 valence electrons. The van der Waals surface area contributed by atoms with Gasteiger partial charge in [-0.05, 0) is 46.1 Å². The van der Waals surface area contributed by atoms with Gasteiger partial charge in [-0.25, -0.2) is 4.79 Å². The highest BCUT2D eigenvalue weighted by Crippen LogP contribution is 2.47. The smallest absolute Gasteiger partial charge is 0.408 e. The first-order valence-electron chi connectivity index (χ1n) is 9.06. The fourth-order valence-electron chi connectivity index (χ4n) is 3.66. The molecule has 0 spiro atoms. The quantitative estimate of drug-likeness (QED) is 0.907. The minimum atomic E-state index is -0.514. The summed E-state index contributed by atoms with van der Waals surface area (Å²) in [7, 11) is 0. The molecule has 1 saturated carbocycles. The molecule has 3 rings (SSSR count). The average Bonchev–Trinajstić information content (AvgIpc) is 3.19. The number of hydrogen-bond acceptors (Lipinski definition) is 3. The summed E-state index contributed by atoms with van der Waals surface area (Å²) in [6.45, 7) is 8.32. The van der Waals surface area contributed by atoms with Crippen molar-refractivity contribution in [2.24, 2.45) is 5.92 Å². The van der Waals surface area contributed by atoms with Gasteiger partial charge in [0.2, 0.25) is 5.91 Å². The van der Waals surface area contributed by atoms with Crippen LogP contribution in [0.4, 0.5) is 4.79 Å². The number of ether oxygens (including phenoxy) is 1. The number of nitrogens with zero attached hydrogens (tertiary/aromatic N) is 1. The molecular formula is C20H28N2O3. The Morgan fingerprint density at radius 1 is 1.28 bits per heavy atom. The third-order valence-electron chi connectivity index (χ3n) is 5.23. The highest BCUT2D eigenvalue weighted by molar-refractivity contribution is 5.80. The van der Waals surface area contributed by atoms with Crippen molar-refractivity contribution < 1.29 is 14.3 Å². The van der Waals surface area contributed by atoms with E-state index in [-0.39, 0.29) is 29.5 Å². The summed E-state index contributed by atoms with van der Waals surface area (Å²) in [5.74, 6) is 0.317. The van der Waals surface area contributed by atoms with E-state index in [0.29, 0.717) is 13.0 Å². The zero-order valence-electron chi connectivity index (χ0n) is 15.5. The normalized spacial score (nSPS) is 23.3. The van der Waals surface area contributed by atoms with Gasteiger partial charge in [0.15, 0.2) is 0 Å². The van der Waals surface area contributed by atoms with E-state index < -0.39 is 5.60 Å². The molecule has 2 aliphatic rings. The number of alkyl carbamates (subject to hydrolysis) is 1. The molecule has 2 fully saturated rings. The van der Waals surface area contributed by atoms with Crippen LogP contribution in [-0.2, 0) is 9.53 Å². The molecule has 1 aliphatic heterocycles. The van der Waals surface area contributed by atoms with Crippen LogP contribution in [0.2, 0.25) is 0 Å². The van der Waals surface area contributed by atoms with E-state index in [1.54, 1.807) is 0 Å². The average molecular weight is 344 g/mol. The summed E-state index contributed by atoms with van der Waals surface area (Å²) < 4.78 is 5.40. The molecule has 5 heteroatoms. The topological polar surface area (TPSA) is 58.6 Å². The maximum absolute atomic E-state index is 12.6. The number of carbonyl (C=O) groups is 2. The predicted molar refractivity (Wildman–Crippen MR) is 96.0 cm³/mol. The largest absolute Gasteiger partial charge is 0.444 e. The number of amides is 2. The van der Waals surface area contributed by atoms with Crippen LogP contribution in [0.5, 0.6) is 0 Å². The summed E-state index contributed by atoms with van der Waals surface area (Å²) in [5, 5.41) is 3.05. The van der Waals surface area contributed by atoms with Crippen LogP contribution < -0.4 is 5.32 Å². The first kappa shape index (κ1) is 17.8. The highest BCUT2D eigenvalue weighted by Gasteiger charge is 2.55. The van der Waals surface area contributed by atoms with Gasteiger partial charge < -0.3 is 15.0 Å². The Morgan fingerprint density at radius 3 is 2.48 bits per heavy atom. The molecule has 25 heavy (non-hydrogen) atoms. The van der Waals surface area contributed by atoms with Crippen LogP contribution in [0, 0.1) is 5.92 Å². The van der Waals surface area contributed by atoms with Gasteiger partial charge in [-0.2, -0.15) is 0 Å². The molecule has 1 N–H and O–H groups in total. The lowest BCUT2D eigenvalue weighted by Crippen LogP contribution is -2.45. The summed E-state index contributed by atoms with van der Waals surface area (Å²) >= 11 is 0. The Hall–Kier alpha value is -2.04. The Labute approximate surface area is 149 Å². The minimum Gasteiger partial charge on any atom is -0.444 e. The van der Waals surface area contributed by atoms with Crippen molar-refractivity contribution in [3.8, 4) is 0 Å². The van der Waals surface area contributed by atoms with Crippen molar-refractivity contribution in [3.05, 3.63) is 35.9 Å². The van der Waals surface area contributed by atoms with E-state index >= 15 is 0 Å². The van der Waals surface area contributed by atoms with Crippen LogP contribution in [-0.4, -0.2) is 34.6 Å². The number of carbonyl (C=O) groups excluding carboxylic acids is 2. The first-order chi connectivity index (χ1) is 11.7. The predicted octanol–water partition coefficient (Wildman–Crippen LogP) is 3.65. The number of likely N-dealkylation sites (tertiary alicyclic amines) is 1. The third-order valence-corrected chi connectivity index (χ3v) is 5.23. The van der Waals surface area contributed by atoms with Crippen LogP contribution in [0.1, 0.15) is 58.6 Å². The van der Waals surface area contributed by atoms with Crippen molar-refractivity contribution in [1.29, 1.82) is 0 Å². The van der Waals surface area contributed by atoms with Gasteiger partial charge in [0, 0.05) is 24.4 Å². The van der Waals surface area contributed by atoms with Crippen LogP contribution in [0.3, 0.4) is 0 Å². The highest BCUT2D eigenvalue weighted by atomic mass is 16.6. The third kappa shape index (κ3) is 3.97. The van der Waals surface area contributed by atoms with E-state index in [2.05, 4.69) is 24.4 Å². The summed E-state index contributed by atoms with van der Waals surface area (Å²) in [5.41, 5.74) is 0.351. The Morgan fingerprint density at radius 2 is 1.92 bits per heavy atom. The molecule has 0 aromatic heterocycles. The minimum absolute atomic E-state index is 0.0519. The van der Waals surface area contributed by atoms with Gasteiger partial charge in [0.25, 0.3) is 0 Å². The second-order valence-electron chi connectivity index (χ2n) is 8.32. The molecule has 0 radical (unpaired) electrons. The van der Waals surface area contributed by atoms with E-state index in [1.807, 2.05) is 43.9 Å². The van der Waals surface area contributed by atoms with E-state index in [0.717, 1.165) is 18.4 Å². The van der Waals surface area contributed by atoms with Crippen LogP contribution in [0.25, 0.3) is 0 Å². The van der Waals surface area contributed by atoms with Gasteiger partial charge >= 0.3 is 6.09 Å². The number of hydrogen-bond donors (Lipinski definition) is 1. The van der Waals surface area contributed by atoms with Crippen molar-refractivity contribution >= 4 is 12.0 Å². The van der Waals surface area contributed by atoms with Gasteiger partial charge in [-0.3, -0.25) is 4.79 Å². The van der Waals surface area contributed by atoms with Crippen LogP contribution in [0.15, 0.2) is 30.3 Å². The molecule has 1 heterocycles. The number of rotatable bonds is 4. The monoisotopic (exact) mass is 344 g/mol. The Kier molecular flexibility index (Phi) is 4.52. The zero-order valence-corrected chi connectivity index (χ0v) is 15.5. The molecular weight excluding hydrogens is 316 g/mol. The Bertz CT molecular complexity index is 647. The second-order valence-corrected chi connectivity index (χ2v) is 8.32. The fourth-order valence-corrected chi connectivity index (χ4v) is 3.66.